The molecule has 3 rings (SSSR count). The molecule has 0 aromatic heterocycles. The molecule has 0 nitrogen and oxygen atoms in total. The normalized spacial score (nSPS) is 11.1. The minimum atomic E-state index is -0.151. The van der Waals surface area contributed by atoms with Gasteiger partial charge in [-0.1, -0.05) is 113 Å². The van der Waals surface area contributed by atoms with Crippen molar-refractivity contribution < 1.29 is 4.39 Å². The van der Waals surface area contributed by atoms with Crippen LogP contribution in [0.3, 0.4) is 0 Å². The van der Waals surface area contributed by atoms with Crippen LogP contribution >= 0.6 is 0 Å². The number of aryl methyl sites for hydroxylation is 2. The zero-order chi connectivity index (χ0) is 22.6. The van der Waals surface area contributed by atoms with Gasteiger partial charge in [0.15, 0.2) is 0 Å². The van der Waals surface area contributed by atoms with E-state index in [9.17, 15) is 4.39 Å². The third-order valence-electron chi connectivity index (χ3n) is 6.27. The van der Waals surface area contributed by atoms with E-state index in [0.717, 1.165) is 41.5 Å². The van der Waals surface area contributed by atoms with E-state index in [1.807, 2.05) is 18.2 Å². The largest absolute Gasteiger partial charge is 0.206 e. The Morgan fingerprint density at radius 3 is 1.97 bits per heavy atom. The molecule has 0 unspecified atom stereocenters. The van der Waals surface area contributed by atoms with Crippen molar-refractivity contribution in [3.63, 3.8) is 0 Å². The first-order chi connectivity index (χ1) is 15.7. The van der Waals surface area contributed by atoms with E-state index < -0.39 is 0 Å². The first-order valence-corrected chi connectivity index (χ1v) is 12.6. The molecule has 3 aromatic carbocycles. The van der Waals surface area contributed by atoms with Crippen LogP contribution in [0.4, 0.5) is 4.39 Å². The van der Waals surface area contributed by atoms with Crippen molar-refractivity contribution in [1.29, 1.82) is 0 Å². The van der Waals surface area contributed by atoms with Gasteiger partial charge in [-0.2, -0.15) is 0 Å². The lowest BCUT2D eigenvalue weighted by atomic mass is 9.96. The van der Waals surface area contributed by atoms with E-state index in [0.29, 0.717) is 5.56 Å². The second-order valence-corrected chi connectivity index (χ2v) is 8.96. The fourth-order valence-corrected chi connectivity index (χ4v) is 4.27. The van der Waals surface area contributed by atoms with Crippen LogP contribution in [0.2, 0.25) is 0 Å². The summed E-state index contributed by atoms with van der Waals surface area (Å²) in [4.78, 5) is 0. The molecule has 0 atom stereocenters. The van der Waals surface area contributed by atoms with E-state index in [4.69, 9.17) is 0 Å². The lowest BCUT2D eigenvalue weighted by Crippen LogP contribution is -1.91. The predicted molar refractivity (Wildman–Crippen MR) is 136 cm³/mol. The highest BCUT2D eigenvalue weighted by molar-refractivity contribution is 5.72. The molecule has 3 aromatic rings. The first-order valence-electron chi connectivity index (χ1n) is 12.6. The number of hydrogen-bond acceptors (Lipinski definition) is 0. The van der Waals surface area contributed by atoms with E-state index in [1.165, 1.54) is 56.9 Å². The molecule has 0 N–H and O–H groups in total. The fraction of sp³-hybridized carbons (Fsp3) is 0.419. The van der Waals surface area contributed by atoms with Crippen molar-refractivity contribution in [3.05, 3.63) is 83.7 Å². The summed E-state index contributed by atoms with van der Waals surface area (Å²) in [5, 5.41) is 0. The highest BCUT2D eigenvalue weighted by Crippen LogP contribution is 2.28. The highest BCUT2D eigenvalue weighted by atomic mass is 19.1. The van der Waals surface area contributed by atoms with Crippen LogP contribution in [0.15, 0.2) is 60.7 Å². The van der Waals surface area contributed by atoms with Gasteiger partial charge in [0, 0.05) is 5.56 Å². The zero-order valence-corrected chi connectivity index (χ0v) is 19.9. The molecule has 0 spiro atoms. The molecule has 0 fully saturated rings. The van der Waals surface area contributed by atoms with Gasteiger partial charge in [0.2, 0.25) is 0 Å². The maximum atomic E-state index is 14.8. The van der Waals surface area contributed by atoms with Crippen molar-refractivity contribution >= 4 is 0 Å². The third kappa shape index (κ3) is 7.33. The monoisotopic (exact) mass is 429 g/mol. The Balaban J connectivity index is 1.63. The Hall–Kier alpha value is -2.41. The molecule has 0 aliphatic heterocycles. The van der Waals surface area contributed by atoms with Crippen molar-refractivity contribution in [3.8, 4) is 22.3 Å². The molecule has 0 aliphatic rings. The molecule has 0 saturated carbocycles. The van der Waals surface area contributed by atoms with Crippen molar-refractivity contribution in [2.75, 3.05) is 0 Å². The van der Waals surface area contributed by atoms with Crippen LogP contribution in [0, 0.1) is 11.9 Å². The van der Waals surface area contributed by atoms with Gasteiger partial charge in [-0.05, 0) is 65.6 Å². The third-order valence-corrected chi connectivity index (χ3v) is 6.27. The molecule has 1 heteroatoms. The second-order valence-electron chi connectivity index (χ2n) is 8.96. The zero-order valence-electron chi connectivity index (χ0n) is 19.9. The topological polar surface area (TPSA) is 0 Å². The van der Waals surface area contributed by atoms with Gasteiger partial charge < -0.3 is 0 Å². The summed E-state index contributed by atoms with van der Waals surface area (Å²) in [6, 6.07) is 23.9. The van der Waals surface area contributed by atoms with Gasteiger partial charge >= 0.3 is 0 Å². The van der Waals surface area contributed by atoms with E-state index >= 15 is 0 Å². The number of unbranched alkanes of at least 4 members (excludes halogenated alkanes) is 7. The van der Waals surface area contributed by atoms with Crippen molar-refractivity contribution in [2.45, 2.75) is 84.5 Å². The minimum absolute atomic E-state index is 0.151. The van der Waals surface area contributed by atoms with Crippen LogP contribution in [0.5, 0.6) is 0 Å². The summed E-state index contributed by atoms with van der Waals surface area (Å²) < 4.78 is 14.8. The van der Waals surface area contributed by atoms with Crippen LogP contribution in [0.25, 0.3) is 22.3 Å². The lowest BCUT2D eigenvalue weighted by Gasteiger charge is -2.09. The van der Waals surface area contributed by atoms with Crippen LogP contribution in [0.1, 0.15) is 82.8 Å². The molecular formula is C31H38F. The van der Waals surface area contributed by atoms with Gasteiger partial charge in [-0.3, -0.25) is 0 Å². The SMILES string of the molecule is CCCCCCCCc1ccc(-c2[c]c(-c3ccc(CCCCC)cc3F)ccc2)cc1. The standard InChI is InChI=1S/C31H38F/c1-3-5-7-8-9-11-13-25-17-20-27(21-18-25)28-15-12-16-29(24-28)30-22-19-26(23-31(30)32)14-10-6-4-2/h12,15-23H,3-11,13-14H2,1-2H3. The maximum absolute atomic E-state index is 14.8. The van der Waals surface area contributed by atoms with Gasteiger partial charge in [0.1, 0.15) is 5.82 Å². The number of rotatable bonds is 13. The molecule has 1 radical (unpaired) electrons. The lowest BCUT2D eigenvalue weighted by molar-refractivity contribution is 0.607. The van der Waals surface area contributed by atoms with Crippen LogP contribution < -0.4 is 0 Å². The Bertz CT molecular complexity index is 939. The quantitative estimate of drug-likeness (QED) is 0.237. The summed E-state index contributed by atoms with van der Waals surface area (Å²) in [6.45, 7) is 4.45. The molecule has 0 amide bonds. The first kappa shape index (κ1) is 24.2. The van der Waals surface area contributed by atoms with Crippen molar-refractivity contribution in [1.82, 2.24) is 0 Å². The molecule has 0 saturated heterocycles. The molecule has 0 bridgehead atoms. The van der Waals surface area contributed by atoms with Crippen molar-refractivity contribution in [2.24, 2.45) is 0 Å². The average molecular weight is 430 g/mol. The number of halogens is 1. The van der Waals surface area contributed by atoms with E-state index in [-0.39, 0.29) is 5.82 Å². The fourth-order valence-electron chi connectivity index (χ4n) is 4.27. The summed E-state index contributed by atoms with van der Waals surface area (Å²) in [7, 11) is 0. The summed E-state index contributed by atoms with van der Waals surface area (Å²) in [6.07, 6.45) is 13.5. The van der Waals surface area contributed by atoms with Gasteiger partial charge in [0.05, 0.1) is 0 Å². The van der Waals surface area contributed by atoms with Gasteiger partial charge in [-0.25, -0.2) is 4.39 Å². The Kier molecular flexibility index (Phi) is 10.0. The molecule has 0 heterocycles. The smallest absolute Gasteiger partial charge is 0.131 e. The molecule has 32 heavy (non-hydrogen) atoms. The average Bonchev–Trinajstić information content (AvgIpc) is 2.82. The molecule has 0 aliphatic carbocycles. The molecular weight excluding hydrogens is 391 g/mol. The predicted octanol–water partition coefficient (Wildman–Crippen LogP) is 9.60. The van der Waals surface area contributed by atoms with Crippen LogP contribution in [-0.4, -0.2) is 0 Å². The van der Waals surface area contributed by atoms with Gasteiger partial charge in [-0.15, -0.1) is 0 Å². The Morgan fingerprint density at radius 1 is 0.625 bits per heavy atom. The van der Waals surface area contributed by atoms with E-state index in [1.54, 1.807) is 6.07 Å². The number of hydrogen-bond donors (Lipinski definition) is 0. The van der Waals surface area contributed by atoms with E-state index in [2.05, 4.69) is 56.3 Å². The summed E-state index contributed by atoms with van der Waals surface area (Å²) in [5.74, 6) is -0.151. The van der Waals surface area contributed by atoms with Gasteiger partial charge in [0.25, 0.3) is 0 Å². The molecule has 169 valence electrons. The Labute approximate surface area is 194 Å². The summed E-state index contributed by atoms with van der Waals surface area (Å²) in [5.41, 5.74) is 6.07. The Morgan fingerprint density at radius 2 is 1.22 bits per heavy atom. The second kappa shape index (κ2) is 13.2. The summed E-state index contributed by atoms with van der Waals surface area (Å²) >= 11 is 0. The highest BCUT2D eigenvalue weighted by Gasteiger charge is 2.09. The minimum Gasteiger partial charge on any atom is -0.206 e. The number of benzene rings is 3. The van der Waals surface area contributed by atoms with Crippen LogP contribution in [-0.2, 0) is 12.8 Å². The maximum Gasteiger partial charge on any atom is 0.131 e.